The van der Waals surface area contributed by atoms with Crippen LogP contribution >= 0.6 is 0 Å². The van der Waals surface area contributed by atoms with Crippen LogP contribution < -0.4 is 29.0 Å². The lowest BCUT2D eigenvalue weighted by atomic mass is 10.1. The van der Waals surface area contributed by atoms with Crippen LogP contribution in [0.2, 0.25) is 0 Å². The molecule has 1 N–H and O–H groups in total. The van der Waals surface area contributed by atoms with Gasteiger partial charge in [-0.15, -0.1) is 0 Å². The van der Waals surface area contributed by atoms with Crippen molar-refractivity contribution in [3.05, 3.63) is 81.4 Å². The van der Waals surface area contributed by atoms with Crippen molar-refractivity contribution in [2.45, 2.75) is 0 Å². The predicted molar refractivity (Wildman–Crippen MR) is 145 cm³/mol. The first-order chi connectivity index (χ1) is 18.3. The zero-order valence-electron chi connectivity index (χ0n) is 21.6. The second-order valence-electron chi connectivity index (χ2n) is 7.77. The number of rotatable bonds is 11. The lowest BCUT2D eigenvalue weighted by Crippen LogP contribution is -2.07. The van der Waals surface area contributed by atoms with E-state index >= 15 is 0 Å². The van der Waals surface area contributed by atoms with E-state index in [1.807, 2.05) is 36.4 Å². The van der Waals surface area contributed by atoms with Crippen molar-refractivity contribution < 1.29 is 33.4 Å². The van der Waals surface area contributed by atoms with Gasteiger partial charge in [0, 0.05) is 17.8 Å². The minimum absolute atomic E-state index is 0.0125. The number of nitrogens with zero attached hydrogens (tertiary/aromatic N) is 1. The van der Waals surface area contributed by atoms with Crippen molar-refractivity contribution >= 4 is 35.5 Å². The smallest absolute Gasteiger partial charge is 0.315 e. The fourth-order valence-corrected chi connectivity index (χ4v) is 3.62. The molecule has 3 rings (SSSR count). The second kappa shape index (κ2) is 12.8. The number of amides is 1. The van der Waals surface area contributed by atoms with Gasteiger partial charge >= 0.3 is 5.69 Å². The van der Waals surface area contributed by atoms with Crippen molar-refractivity contribution in [2.75, 3.05) is 40.9 Å². The van der Waals surface area contributed by atoms with Crippen molar-refractivity contribution in [2.24, 2.45) is 0 Å². The van der Waals surface area contributed by atoms with Crippen LogP contribution in [0.25, 0.3) is 18.2 Å². The van der Waals surface area contributed by atoms with E-state index in [1.165, 1.54) is 32.4 Å². The van der Waals surface area contributed by atoms with E-state index in [0.717, 1.165) is 11.1 Å². The quantitative estimate of drug-likeness (QED) is 0.153. The molecule has 0 atom stereocenters. The Hall–Kier alpha value is -4.99. The number of methoxy groups -OCH3 is 5. The summed E-state index contributed by atoms with van der Waals surface area (Å²) in [7, 11) is 7.37. The lowest BCUT2D eigenvalue weighted by molar-refractivity contribution is -0.385. The number of ether oxygens (including phenoxy) is 5. The molecule has 198 valence electrons. The highest BCUT2D eigenvalue weighted by atomic mass is 16.6. The normalized spacial score (nSPS) is 10.9. The second-order valence-corrected chi connectivity index (χ2v) is 7.77. The molecule has 0 heterocycles. The fourth-order valence-electron chi connectivity index (χ4n) is 3.62. The van der Waals surface area contributed by atoms with E-state index in [0.29, 0.717) is 28.5 Å². The predicted octanol–water partition coefficient (Wildman–Crippen LogP) is 5.46. The Morgan fingerprint density at radius 1 is 0.711 bits per heavy atom. The van der Waals surface area contributed by atoms with Crippen LogP contribution in [0.4, 0.5) is 11.4 Å². The van der Waals surface area contributed by atoms with Gasteiger partial charge in [0.05, 0.1) is 40.5 Å². The van der Waals surface area contributed by atoms with E-state index in [2.05, 4.69) is 5.32 Å². The van der Waals surface area contributed by atoms with Crippen LogP contribution in [0.3, 0.4) is 0 Å². The van der Waals surface area contributed by atoms with Crippen LogP contribution in [0, 0.1) is 10.1 Å². The largest absolute Gasteiger partial charge is 0.493 e. The van der Waals surface area contributed by atoms with Gasteiger partial charge in [-0.1, -0.05) is 24.3 Å². The molecule has 0 aliphatic carbocycles. The highest BCUT2D eigenvalue weighted by molar-refractivity contribution is 6.02. The SMILES string of the molecule is COc1cc(/C=C/c2ccc(NC(=O)/C=C/c3cc(OC)c(OC)c([N+](=O)[O-])c3)cc2)cc(OC)c1OC. The molecule has 0 unspecified atom stereocenters. The molecule has 3 aromatic carbocycles. The average Bonchev–Trinajstić information content (AvgIpc) is 2.94. The zero-order valence-corrected chi connectivity index (χ0v) is 21.6. The topological polar surface area (TPSA) is 118 Å². The molecule has 0 bridgehead atoms. The number of carbonyl (C=O) groups is 1. The summed E-state index contributed by atoms with van der Waals surface area (Å²) in [5.74, 6) is 1.44. The van der Waals surface area contributed by atoms with Gasteiger partial charge in [-0.25, -0.2) is 0 Å². The maximum absolute atomic E-state index is 12.4. The van der Waals surface area contributed by atoms with Gasteiger partial charge in [-0.2, -0.15) is 0 Å². The Labute approximate surface area is 220 Å². The van der Waals surface area contributed by atoms with Crippen LogP contribution in [0.1, 0.15) is 16.7 Å². The standard InChI is InChI=1S/C28H28N2O8/c1-34-23-15-19(14-22(30(32)33)27(23)37-4)10-13-26(31)29-21-11-8-18(9-12-21)6-7-20-16-24(35-2)28(38-5)25(17-20)36-3/h6-17H,1-5H3,(H,29,31)/b7-6+,13-10+. The highest BCUT2D eigenvalue weighted by Gasteiger charge is 2.21. The molecule has 0 aliphatic rings. The fraction of sp³-hybridized carbons (Fsp3) is 0.179. The summed E-state index contributed by atoms with van der Waals surface area (Å²) in [6.07, 6.45) is 6.56. The first-order valence-corrected chi connectivity index (χ1v) is 11.3. The van der Waals surface area contributed by atoms with E-state index in [1.54, 1.807) is 39.5 Å². The van der Waals surface area contributed by atoms with Gasteiger partial charge < -0.3 is 29.0 Å². The lowest BCUT2D eigenvalue weighted by Gasteiger charge is -2.12. The molecule has 0 radical (unpaired) electrons. The third-order valence-electron chi connectivity index (χ3n) is 5.44. The van der Waals surface area contributed by atoms with Crippen molar-refractivity contribution in [3.8, 4) is 28.7 Å². The molecule has 10 heteroatoms. The minimum atomic E-state index is -0.573. The molecule has 38 heavy (non-hydrogen) atoms. The molecular formula is C28H28N2O8. The van der Waals surface area contributed by atoms with Crippen molar-refractivity contribution in [1.29, 1.82) is 0 Å². The monoisotopic (exact) mass is 520 g/mol. The Morgan fingerprint density at radius 2 is 1.21 bits per heavy atom. The van der Waals surface area contributed by atoms with E-state index < -0.39 is 10.8 Å². The average molecular weight is 521 g/mol. The van der Waals surface area contributed by atoms with Crippen molar-refractivity contribution in [3.63, 3.8) is 0 Å². The molecule has 1 amide bonds. The summed E-state index contributed by atoms with van der Waals surface area (Å²) in [6.45, 7) is 0. The molecule has 0 spiro atoms. The van der Waals surface area contributed by atoms with Crippen LogP contribution in [0.15, 0.2) is 54.6 Å². The number of nitro benzene ring substituents is 1. The van der Waals surface area contributed by atoms with Crippen LogP contribution in [-0.2, 0) is 4.79 Å². The first-order valence-electron chi connectivity index (χ1n) is 11.3. The van der Waals surface area contributed by atoms with Gasteiger partial charge in [0.25, 0.3) is 0 Å². The summed E-state index contributed by atoms with van der Waals surface area (Å²) in [6, 6.07) is 13.8. The van der Waals surface area contributed by atoms with Crippen LogP contribution in [0.5, 0.6) is 28.7 Å². The van der Waals surface area contributed by atoms with Gasteiger partial charge in [0.2, 0.25) is 17.4 Å². The third-order valence-corrected chi connectivity index (χ3v) is 5.44. The van der Waals surface area contributed by atoms with Crippen molar-refractivity contribution in [1.82, 2.24) is 0 Å². The maximum atomic E-state index is 12.4. The van der Waals surface area contributed by atoms with E-state index in [4.69, 9.17) is 23.7 Å². The molecular weight excluding hydrogens is 492 g/mol. The Balaban J connectivity index is 1.70. The summed E-state index contributed by atoms with van der Waals surface area (Å²) < 4.78 is 26.4. The molecule has 0 aliphatic heterocycles. The number of anilines is 1. The number of benzene rings is 3. The molecule has 0 fully saturated rings. The molecule has 0 saturated carbocycles. The maximum Gasteiger partial charge on any atom is 0.315 e. The number of carbonyl (C=O) groups excluding carboxylic acids is 1. The Bertz CT molecular complexity index is 1340. The van der Waals surface area contributed by atoms with Gasteiger partial charge in [0.15, 0.2) is 17.2 Å². The molecule has 10 nitrogen and oxygen atoms in total. The van der Waals surface area contributed by atoms with E-state index in [9.17, 15) is 14.9 Å². The third kappa shape index (κ3) is 6.61. The van der Waals surface area contributed by atoms with Gasteiger partial charge in [-0.05, 0) is 53.1 Å². The number of hydrogen-bond donors (Lipinski definition) is 1. The number of nitro groups is 1. The highest BCUT2D eigenvalue weighted by Crippen LogP contribution is 2.39. The van der Waals surface area contributed by atoms with Crippen LogP contribution in [-0.4, -0.2) is 46.4 Å². The van der Waals surface area contributed by atoms with Gasteiger partial charge in [-0.3, -0.25) is 14.9 Å². The molecule has 0 aromatic heterocycles. The van der Waals surface area contributed by atoms with Gasteiger partial charge in [0.1, 0.15) is 0 Å². The molecule has 0 saturated heterocycles. The molecule has 3 aromatic rings. The first kappa shape index (κ1) is 27.6. The summed E-state index contributed by atoms with van der Waals surface area (Å²) >= 11 is 0. The Kier molecular flexibility index (Phi) is 9.31. The summed E-state index contributed by atoms with van der Waals surface area (Å²) in [5.41, 5.74) is 2.50. The minimum Gasteiger partial charge on any atom is -0.493 e. The van der Waals surface area contributed by atoms with E-state index in [-0.39, 0.29) is 17.2 Å². The number of nitrogens with one attached hydrogen (secondary N) is 1. The number of hydrogen-bond acceptors (Lipinski definition) is 8. The zero-order chi connectivity index (χ0) is 27.7. The Morgan fingerprint density at radius 3 is 1.71 bits per heavy atom. The summed E-state index contributed by atoms with van der Waals surface area (Å²) in [5, 5.41) is 14.1. The summed E-state index contributed by atoms with van der Waals surface area (Å²) in [4.78, 5) is 23.2.